The Bertz CT molecular complexity index is 648. The summed E-state index contributed by atoms with van der Waals surface area (Å²) >= 11 is 0. The van der Waals surface area contributed by atoms with Gasteiger partial charge in [0, 0.05) is 25.1 Å². The van der Waals surface area contributed by atoms with E-state index in [9.17, 15) is 24.3 Å². The predicted molar refractivity (Wildman–Crippen MR) is 65.1 cm³/mol. The molecule has 0 radical (unpaired) electrons. The van der Waals surface area contributed by atoms with Gasteiger partial charge in [0.1, 0.15) is 12.6 Å². The first-order valence-corrected chi connectivity index (χ1v) is 5.89. The van der Waals surface area contributed by atoms with E-state index in [4.69, 9.17) is 5.11 Å². The van der Waals surface area contributed by atoms with Crippen LogP contribution in [-0.4, -0.2) is 55.5 Å². The number of nitrogens with zero attached hydrogens (tertiary/aromatic N) is 2. The Labute approximate surface area is 112 Å². The number of aromatic amines is 1. The predicted octanol–water partition coefficient (Wildman–Crippen LogP) is -2.42. The Hall–Kier alpha value is -2.42. The van der Waals surface area contributed by atoms with E-state index in [0.717, 1.165) is 21.7 Å². The molecule has 1 aliphatic heterocycles. The van der Waals surface area contributed by atoms with Crippen LogP contribution in [0.5, 0.6) is 0 Å². The highest BCUT2D eigenvalue weighted by atomic mass is 16.4. The number of carbonyl (C=O) groups excluding carboxylic acids is 1. The van der Waals surface area contributed by atoms with E-state index in [-0.39, 0.29) is 13.0 Å². The Morgan fingerprint density at radius 1 is 1.35 bits per heavy atom. The summed E-state index contributed by atoms with van der Waals surface area (Å²) in [5.41, 5.74) is -1.13. The number of aliphatic hydroxyl groups excluding tert-OH is 1. The molecule has 9 nitrogen and oxygen atoms in total. The summed E-state index contributed by atoms with van der Waals surface area (Å²) in [5, 5.41) is 20.6. The van der Waals surface area contributed by atoms with E-state index in [1.54, 1.807) is 0 Å². The highest BCUT2D eigenvalue weighted by Gasteiger charge is 2.38. The van der Waals surface area contributed by atoms with Crippen LogP contribution in [0, 0.1) is 0 Å². The maximum Gasteiger partial charge on any atom is 0.326 e. The molecule has 0 saturated carbocycles. The summed E-state index contributed by atoms with van der Waals surface area (Å²) in [5.74, 6) is -1.87. The largest absolute Gasteiger partial charge is 0.480 e. The second kappa shape index (κ2) is 5.29. The lowest BCUT2D eigenvalue weighted by Crippen LogP contribution is -2.44. The molecular weight excluding hydrogens is 270 g/mol. The minimum Gasteiger partial charge on any atom is -0.480 e. The van der Waals surface area contributed by atoms with Gasteiger partial charge in [0.15, 0.2) is 0 Å². The lowest BCUT2D eigenvalue weighted by molar-refractivity contribution is -0.148. The fraction of sp³-hybridized carbons (Fsp3) is 0.455. The first-order valence-electron chi connectivity index (χ1n) is 5.89. The average Bonchev–Trinajstić information content (AvgIpc) is 2.76. The van der Waals surface area contributed by atoms with Gasteiger partial charge in [-0.15, -0.1) is 0 Å². The molecule has 9 heteroatoms. The van der Waals surface area contributed by atoms with Crippen molar-refractivity contribution in [2.24, 2.45) is 0 Å². The third kappa shape index (κ3) is 2.77. The highest BCUT2D eigenvalue weighted by molar-refractivity contribution is 5.84. The van der Waals surface area contributed by atoms with Crippen molar-refractivity contribution in [2.45, 2.75) is 25.1 Å². The zero-order chi connectivity index (χ0) is 14.9. The summed E-state index contributed by atoms with van der Waals surface area (Å²) in [6, 6.07) is 0.923. The fourth-order valence-corrected chi connectivity index (χ4v) is 2.13. The summed E-state index contributed by atoms with van der Waals surface area (Å²) in [4.78, 5) is 46.6. The maximum atomic E-state index is 12.0. The molecule has 2 heterocycles. The second-order valence-corrected chi connectivity index (χ2v) is 4.52. The fourth-order valence-electron chi connectivity index (χ4n) is 2.13. The lowest BCUT2D eigenvalue weighted by Gasteiger charge is -2.21. The maximum absolute atomic E-state index is 12.0. The third-order valence-corrected chi connectivity index (χ3v) is 3.07. The van der Waals surface area contributed by atoms with Crippen molar-refractivity contribution in [3.63, 3.8) is 0 Å². The van der Waals surface area contributed by atoms with E-state index in [2.05, 4.69) is 5.10 Å². The van der Waals surface area contributed by atoms with Gasteiger partial charge in [0.25, 0.3) is 11.1 Å². The van der Waals surface area contributed by atoms with Crippen LogP contribution in [-0.2, 0) is 16.1 Å². The van der Waals surface area contributed by atoms with Crippen LogP contribution < -0.4 is 11.1 Å². The van der Waals surface area contributed by atoms with Crippen molar-refractivity contribution in [2.75, 3.05) is 6.54 Å². The number of carboxylic acid groups (broad SMARTS) is 1. The molecular formula is C11H13N3O6. The smallest absolute Gasteiger partial charge is 0.326 e. The molecule has 2 atom stereocenters. The zero-order valence-electron chi connectivity index (χ0n) is 10.4. The van der Waals surface area contributed by atoms with Crippen molar-refractivity contribution >= 4 is 11.9 Å². The molecule has 1 aromatic heterocycles. The molecule has 1 saturated heterocycles. The third-order valence-electron chi connectivity index (χ3n) is 3.07. The van der Waals surface area contributed by atoms with Crippen LogP contribution in [0.25, 0.3) is 0 Å². The molecule has 0 bridgehead atoms. The number of aliphatic carboxylic acids is 1. The summed E-state index contributed by atoms with van der Waals surface area (Å²) in [6.45, 7) is -0.590. The first-order chi connectivity index (χ1) is 9.38. The van der Waals surface area contributed by atoms with Crippen LogP contribution in [0.3, 0.4) is 0 Å². The van der Waals surface area contributed by atoms with Gasteiger partial charge in [-0.3, -0.25) is 19.5 Å². The van der Waals surface area contributed by atoms with Crippen molar-refractivity contribution < 1.29 is 19.8 Å². The van der Waals surface area contributed by atoms with Gasteiger partial charge in [0.05, 0.1) is 6.10 Å². The Balaban J connectivity index is 2.19. The van der Waals surface area contributed by atoms with E-state index < -0.39 is 41.7 Å². The number of hydrogen-bond donors (Lipinski definition) is 3. The number of aliphatic hydroxyl groups is 1. The molecule has 1 aromatic rings. The van der Waals surface area contributed by atoms with Crippen molar-refractivity contribution in [1.29, 1.82) is 0 Å². The number of amides is 1. The van der Waals surface area contributed by atoms with Crippen LogP contribution in [0.4, 0.5) is 0 Å². The summed E-state index contributed by atoms with van der Waals surface area (Å²) in [7, 11) is 0. The Morgan fingerprint density at radius 2 is 2.05 bits per heavy atom. The van der Waals surface area contributed by atoms with E-state index in [1.165, 1.54) is 0 Å². The van der Waals surface area contributed by atoms with Crippen LogP contribution >= 0.6 is 0 Å². The molecule has 1 aliphatic rings. The van der Waals surface area contributed by atoms with Gasteiger partial charge in [-0.1, -0.05) is 0 Å². The SMILES string of the molecule is O=C(O)[C@@H]1CC(O)CN1C(=O)Cn1[nH]c(=O)ccc1=O. The molecule has 3 N–H and O–H groups in total. The highest BCUT2D eigenvalue weighted by Crippen LogP contribution is 2.18. The van der Waals surface area contributed by atoms with E-state index >= 15 is 0 Å². The number of β-amino-alcohol motifs (C(OH)–C–C–N with tert-alkyl or cyclic N) is 1. The van der Waals surface area contributed by atoms with Gasteiger partial charge in [0.2, 0.25) is 5.91 Å². The second-order valence-electron chi connectivity index (χ2n) is 4.52. The Kier molecular flexibility index (Phi) is 3.70. The molecule has 0 aromatic carbocycles. The van der Waals surface area contributed by atoms with Crippen molar-refractivity contribution in [1.82, 2.24) is 14.7 Å². The quantitative estimate of drug-likeness (QED) is 0.565. The number of aromatic nitrogens is 2. The van der Waals surface area contributed by atoms with Crippen LogP contribution in [0.2, 0.25) is 0 Å². The molecule has 0 spiro atoms. The molecule has 20 heavy (non-hydrogen) atoms. The minimum absolute atomic E-state index is 0.0543. The number of H-pyrrole nitrogens is 1. The number of hydrogen-bond acceptors (Lipinski definition) is 5. The number of carbonyl (C=O) groups is 2. The molecule has 1 amide bonds. The molecule has 0 aliphatic carbocycles. The summed E-state index contributed by atoms with van der Waals surface area (Å²) < 4.78 is 0.800. The molecule has 108 valence electrons. The van der Waals surface area contributed by atoms with Gasteiger partial charge in [-0.25, -0.2) is 9.48 Å². The lowest BCUT2D eigenvalue weighted by atomic mass is 10.2. The molecule has 1 unspecified atom stereocenters. The van der Waals surface area contributed by atoms with Crippen LogP contribution in [0.15, 0.2) is 21.7 Å². The van der Waals surface area contributed by atoms with Gasteiger partial charge < -0.3 is 15.1 Å². The topological polar surface area (TPSA) is 133 Å². The van der Waals surface area contributed by atoms with E-state index in [1.807, 2.05) is 0 Å². The number of carboxylic acids is 1. The number of nitrogens with one attached hydrogen (secondary N) is 1. The molecule has 2 rings (SSSR count). The molecule has 1 fully saturated rings. The zero-order valence-corrected chi connectivity index (χ0v) is 10.4. The first kappa shape index (κ1) is 14.0. The standard InChI is InChI=1S/C11H13N3O6/c15-6-3-7(11(19)20)13(4-6)10(18)5-14-9(17)2-1-8(16)12-14/h1-2,6-7,15H,3-5H2,(H,12,16)(H,19,20)/t6?,7-/m0/s1. The van der Waals surface area contributed by atoms with Gasteiger partial charge in [-0.05, 0) is 0 Å². The van der Waals surface area contributed by atoms with Gasteiger partial charge in [-0.2, -0.15) is 0 Å². The van der Waals surface area contributed by atoms with Gasteiger partial charge >= 0.3 is 5.97 Å². The average molecular weight is 283 g/mol. The minimum atomic E-state index is -1.22. The van der Waals surface area contributed by atoms with E-state index in [0.29, 0.717) is 0 Å². The van der Waals surface area contributed by atoms with Crippen molar-refractivity contribution in [3.8, 4) is 0 Å². The number of rotatable bonds is 3. The van der Waals surface area contributed by atoms with Crippen molar-refractivity contribution in [3.05, 3.63) is 32.8 Å². The summed E-state index contributed by atoms with van der Waals surface area (Å²) in [6.07, 6.45) is -0.965. The Morgan fingerprint density at radius 3 is 2.70 bits per heavy atom. The van der Waals surface area contributed by atoms with Crippen LogP contribution in [0.1, 0.15) is 6.42 Å². The normalized spacial score (nSPS) is 21.9. The number of likely N-dealkylation sites (tertiary alicyclic amines) is 1. The monoisotopic (exact) mass is 283 g/mol.